The van der Waals surface area contributed by atoms with Crippen LogP contribution in [-0.4, -0.2) is 66.2 Å². The van der Waals surface area contributed by atoms with Gasteiger partial charge in [-0.05, 0) is 52.6 Å². The van der Waals surface area contributed by atoms with E-state index in [4.69, 9.17) is 5.11 Å². The van der Waals surface area contributed by atoms with Gasteiger partial charge >= 0.3 is 12.0 Å². The number of hydrogen-bond donors (Lipinski definition) is 2. The number of carbonyl (C=O) groups is 2. The molecule has 2 fully saturated rings. The van der Waals surface area contributed by atoms with Crippen LogP contribution in [0.2, 0.25) is 0 Å². The number of urea groups is 1. The van der Waals surface area contributed by atoms with Gasteiger partial charge in [0.05, 0.1) is 5.92 Å². The van der Waals surface area contributed by atoms with Crippen LogP contribution in [0.5, 0.6) is 0 Å². The molecule has 6 nitrogen and oxygen atoms in total. The molecule has 0 aromatic rings. The van der Waals surface area contributed by atoms with Crippen LogP contribution in [-0.2, 0) is 4.79 Å². The minimum absolute atomic E-state index is 0.00209. The lowest BCUT2D eigenvalue weighted by Crippen LogP contribution is -2.58. The van der Waals surface area contributed by atoms with Crippen molar-refractivity contribution < 1.29 is 14.7 Å². The van der Waals surface area contributed by atoms with Crippen molar-refractivity contribution in [1.29, 1.82) is 0 Å². The maximum atomic E-state index is 12.3. The Morgan fingerprint density at radius 2 is 1.90 bits per heavy atom. The number of carboxylic acids is 1. The second-order valence-corrected chi connectivity index (χ2v) is 6.82. The number of rotatable bonds is 5. The van der Waals surface area contributed by atoms with E-state index in [-0.39, 0.29) is 23.5 Å². The molecule has 2 saturated carbocycles. The van der Waals surface area contributed by atoms with E-state index in [2.05, 4.69) is 24.3 Å². The van der Waals surface area contributed by atoms with Crippen LogP contribution >= 0.6 is 0 Å². The molecule has 0 bridgehead atoms. The first kappa shape index (κ1) is 16.1. The van der Waals surface area contributed by atoms with E-state index in [1.165, 1.54) is 6.42 Å². The summed E-state index contributed by atoms with van der Waals surface area (Å²) in [6, 6.07) is -0.0862. The number of nitrogens with one attached hydrogen (secondary N) is 1. The largest absolute Gasteiger partial charge is 0.481 e. The van der Waals surface area contributed by atoms with Gasteiger partial charge in [0.1, 0.15) is 0 Å². The van der Waals surface area contributed by atoms with Crippen LogP contribution in [0.4, 0.5) is 4.79 Å². The predicted octanol–water partition coefficient (Wildman–Crippen LogP) is 1.37. The van der Waals surface area contributed by atoms with Crippen molar-refractivity contribution in [3.05, 3.63) is 0 Å². The monoisotopic (exact) mass is 297 g/mol. The van der Waals surface area contributed by atoms with E-state index in [1.54, 1.807) is 4.90 Å². The van der Waals surface area contributed by atoms with Crippen molar-refractivity contribution in [2.24, 2.45) is 5.92 Å². The molecule has 2 aliphatic carbocycles. The summed E-state index contributed by atoms with van der Waals surface area (Å²) in [5.41, 5.74) is 0.116. The number of amides is 2. The van der Waals surface area contributed by atoms with E-state index in [9.17, 15) is 9.59 Å². The fraction of sp³-hybridized carbons (Fsp3) is 0.867. The first-order valence-electron chi connectivity index (χ1n) is 7.76. The Labute approximate surface area is 126 Å². The van der Waals surface area contributed by atoms with Crippen molar-refractivity contribution in [3.8, 4) is 0 Å². The Morgan fingerprint density at radius 3 is 2.33 bits per heavy atom. The second-order valence-electron chi connectivity index (χ2n) is 6.82. The van der Waals surface area contributed by atoms with E-state index < -0.39 is 5.97 Å². The average molecular weight is 297 g/mol. The summed E-state index contributed by atoms with van der Waals surface area (Å²) in [4.78, 5) is 27.2. The predicted molar refractivity (Wildman–Crippen MR) is 80.2 cm³/mol. The van der Waals surface area contributed by atoms with Crippen molar-refractivity contribution in [3.63, 3.8) is 0 Å². The molecule has 120 valence electrons. The smallest absolute Gasteiger partial charge is 0.317 e. The zero-order chi connectivity index (χ0) is 15.6. The Kier molecular flexibility index (Phi) is 4.76. The summed E-state index contributed by atoms with van der Waals surface area (Å²) in [6.45, 7) is 0.723. The maximum absolute atomic E-state index is 12.3. The number of hydrogen-bond acceptors (Lipinski definition) is 3. The van der Waals surface area contributed by atoms with Gasteiger partial charge in [0.15, 0.2) is 0 Å². The van der Waals surface area contributed by atoms with Crippen LogP contribution in [0.25, 0.3) is 0 Å². The van der Waals surface area contributed by atoms with Crippen molar-refractivity contribution in [2.45, 2.75) is 50.1 Å². The topological polar surface area (TPSA) is 72.9 Å². The lowest BCUT2D eigenvalue weighted by atomic mass is 9.75. The van der Waals surface area contributed by atoms with Gasteiger partial charge < -0.3 is 20.2 Å². The lowest BCUT2D eigenvalue weighted by molar-refractivity contribution is -0.141. The van der Waals surface area contributed by atoms with Gasteiger partial charge in [-0.3, -0.25) is 4.79 Å². The fourth-order valence-corrected chi connectivity index (χ4v) is 3.47. The van der Waals surface area contributed by atoms with Crippen LogP contribution in [0.3, 0.4) is 0 Å². The van der Waals surface area contributed by atoms with Crippen LogP contribution in [0, 0.1) is 5.92 Å². The Balaban J connectivity index is 1.82. The molecule has 0 heterocycles. The highest BCUT2D eigenvalue weighted by molar-refractivity contribution is 5.75. The van der Waals surface area contributed by atoms with Crippen LogP contribution < -0.4 is 5.32 Å². The lowest BCUT2D eigenvalue weighted by Gasteiger charge is -2.49. The molecule has 0 spiro atoms. The summed E-state index contributed by atoms with van der Waals surface area (Å²) < 4.78 is 0. The first-order chi connectivity index (χ1) is 9.84. The number of likely N-dealkylation sites (N-methyl/N-ethyl adjacent to an activating group) is 2. The third kappa shape index (κ3) is 3.48. The normalized spacial score (nSPS) is 27.2. The molecular formula is C15H27N3O3. The van der Waals surface area contributed by atoms with Crippen molar-refractivity contribution in [1.82, 2.24) is 15.1 Å². The molecule has 2 aliphatic rings. The third-order valence-corrected chi connectivity index (χ3v) is 5.22. The molecule has 0 aromatic carbocycles. The van der Waals surface area contributed by atoms with Crippen molar-refractivity contribution in [2.75, 3.05) is 27.7 Å². The van der Waals surface area contributed by atoms with E-state index in [1.807, 2.05) is 7.05 Å². The molecule has 2 amide bonds. The average Bonchev–Trinajstić information content (AvgIpc) is 2.81. The molecule has 0 saturated heterocycles. The molecule has 0 aliphatic heterocycles. The van der Waals surface area contributed by atoms with Gasteiger partial charge in [-0.1, -0.05) is 0 Å². The fourth-order valence-electron chi connectivity index (χ4n) is 3.47. The summed E-state index contributed by atoms with van der Waals surface area (Å²) in [5, 5.41) is 12.0. The SMILES string of the molecule is CN(CC1(N(C)C)CCC1)C(=O)NC1CCC(C(=O)O)C1. The molecule has 6 heteroatoms. The van der Waals surface area contributed by atoms with Gasteiger partial charge in [-0.25, -0.2) is 4.79 Å². The zero-order valence-corrected chi connectivity index (χ0v) is 13.3. The molecule has 2 atom stereocenters. The quantitative estimate of drug-likeness (QED) is 0.804. The summed E-state index contributed by atoms with van der Waals surface area (Å²) >= 11 is 0. The molecule has 2 N–H and O–H groups in total. The minimum Gasteiger partial charge on any atom is -0.481 e. The molecular weight excluding hydrogens is 270 g/mol. The summed E-state index contributed by atoms with van der Waals surface area (Å²) in [6.07, 6.45) is 5.44. The van der Waals surface area contributed by atoms with Crippen LogP contribution in [0.15, 0.2) is 0 Å². The highest BCUT2D eigenvalue weighted by Gasteiger charge is 2.41. The van der Waals surface area contributed by atoms with Gasteiger partial charge in [0.2, 0.25) is 0 Å². The van der Waals surface area contributed by atoms with E-state index in [0.717, 1.165) is 25.8 Å². The van der Waals surface area contributed by atoms with Gasteiger partial charge in [-0.15, -0.1) is 0 Å². The minimum atomic E-state index is -0.749. The standard InChI is InChI=1S/C15H27N3O3/c1-17(2)15(7-4-8-15)10-18(3)14(21)16-12-6-5-11(9-12)13(19)20/h11-12H,4-10H2,1-3H3,(H,16,21)(H,19,20). The summed E-state index contributed by atoms with van der Waals surface area (Å²) in [5.74, 6) is -1.05. The van der Waals surface area contributed by atoms with Crippen molar-refractivity contribution >= 4 is 12.0 Å². The summed E-state index contributed by atoms with van der Waals surface area (Å²) in [7, 11) is 5.96. The maximum Gasteiger partial charge on any atom is 0.317 e. The molecule has 2 unspecified atom stereocenters. The Hall–Kier alpha value is -1.30. The molecule has 21 heavy (non-hydrogen) atoms. The van der Waals surface area contributed by atoms with E-state index >= 15 is 0 Å². The first-order valence-corrected chi connectivity index (χ1v) is 7.76. The van der Waals surface area contributed by atoms with Gasteiger partial charge in [0.25, 0.3) is 0 Å². The Morgan fingerprint density at radius 1 is 1.24 bits per heavy atom. The zero-order valence-electron chi connectivity index (χ0n) is 13.3. The number of carboxylic acid groups (broad SMARTS) is 1. The van der Waals surface area contributed by atoms with Crippen LogP contribution in [0.1, 0.15) is 38.5 Å². The highest BCUT2D eigenvalue weighted by Crippen LogP contribution is 2.36. The molecule has 2 rings (SSSR count). The molecule has 0 aromatic heterocycles. The Bertz CT molecular complexity index is 407. The number of nitrogens with zero attached hydrogens (tertiary/aromatic N) is 2. The van der Waals surface area contributed by atoms with Gasteiger partial charge in [-0.2, -0.15) is 0 Å². The van der Waals surface area contributed by atoms with Gasteiger partial charge in [0, 0.05) is 25.2 Å². The van der Waals surface area contributed by atoms with E-state index in [0.29, 0.717) is 12.8 Å². The number of aliphatic carboxylic acids is 1. The number of carbonyl (C=O) groups excluding carboxylic acids is 1. The highest BCUT2D eigenvalue weighted by atomic mass is 16.4. The second kappa shape index (κ2) is 6.22. The third-order valence-electron chi connectivity index (χ3n) is 5.22. The molecule has 0 radical (unpaired) electrons.